The van der Waals surface area contributed by atoms with Crippen molar-refractivity contribution >= 4 is 0 Å². The van der Waals surface area contributed by atoms with E-state index >= 15 is 0 Å². The number of halogens is 1. The van der Waals surface area contributed by atoms with Crippen LogP contribution >= 0.6 is 0 Å². The number of nitrogens with one attached hydrogen (secondary N) is 1. The average Bonchev–Trinajstić information content (AvgIpc) is 2.48. The molecule has 1 nitrogen and oxygen atoms in total. The summed E-state index contributed by atoms with van der Waals surface area (Å²) in [5.74, 6) is -0.184. The third-order valence-corrected chi connectivity index (χ3v) is 4.03. The van der Waals surface area contributed by atoms with Gasteiger partial charge in [-0.15, -0.1) is 0 Å². The van der Waals surface area contributed by atoms with Gasteiger partial charge >= 0.3 is 0 Å². The second-order valence-electron chi connectivity index (χ2n) is 5.76. The highest BCUT2D eigenvalue weighted by molar-refractivity contribution is 5.33. The lowest BCUT2D eigenvalue weighted by molar-refractivity contribution is 0.454. The Balaban J connectivity index is 2.17. The highest BCUT2D eigenvalue weighted by Crippen LogP contribution is 2.24. The molecule has 0 heterocycles. The van der Waals surface area contributed by atoms with Crippen LogP contribution in [-0.2, 0) is 0 Å². The fraction of sp³-hybridized carbons (Fsp3) is 0.368. The maximum absolute atomic E-state index is 13.1. The molecule has 0 aliphatic rings. The van der Waals surface area contributed by atoms with Crippen LogP contribution in [0.4, 0.5) is 4.39 Å². The van der Waals surface area contributed by atoms with Crippen LogP contribution in [0.15, 0.2) is 42.5 Å². The van der Waals surface area contributed by atoms with E-state index in [0.29, 0.717) is 0 Å². The topological polar surface area (TPSA) is 12.0 Å². The zero-order valence-corrected chi connectivity index (χ0v) is 13.3. The molecule has 0 spiro atoms. The van der Waals surface area contributed by atoms with Crippen molar-refractivity contribution in [1.82, 2.24) is 5.32 Å². The summed E-state index contributed by atoms with van der Waals surface area (Å²) in [6.07, 6.45) is 0.973. The summed E-state index contributed by atoms with van der Waals surface area (Å²) in [5.41, 5.74) is 5.04. The average molecular weight is 285 g/mol. The van der Waals surface area contributed by atoms with E-state index in [9.17, 15) is 4.39 Å². The summed E-state index contributed by atoms with van der Waals surface area (Å²) in [6, 6.07) is 13.8. The van der Waals surface area contributed by atoms with Gasteiger partial charge in [-0.3, -0.25) is 0 Å². The van der Waals surface area contributed by atoms with E-state index in [-0.39, 0.29) is 17.9 Å². The molecule has 2 atom stereocenters. The van der Waals surface area contributed by atoms with Crippen molar-refractivity contribution in [2.45, 2.75) is 46.2 Å². The molecule has 0 saturated carbocycles. The van der Waals surface area contributed by atoms with Gasteiger partial charge in [0.1, 0.15) is 5.82 Å². The van der Waals surface area contributed by atoms with E-state index in [4.69, 9.17) is 0 Å². The zero-order chi connectivity index (χ0) is 15.4. The van der Waals surface area contributed by atoms with E-state index in [1.807, 2.05) is 12.1 Å². The summed E-state index contributed by atoms with van der Waals surface area (Å²) in [6.45, 7) is 8.60. The second-order valence-corrected chi connectivity index (χ2v) is 5.76. The predicted molar refractivity (Wildman–Crippen MR) is 86.9 cm³/mol. The van der Waals surface area contributed by atoms with Gasteiger partial charge in [0.25, 0.3) is 0 Å². The summed E-state index contributed by atoms with van der Waals surface area (Å²) >= 11 is 0. The summed E-state index contributed by atoms with van der Waals surface area (Å²) in [5, 5.41) is 3.66. The Morgan fingerprint density at radius 2 is 1.71 bits per heavy atom. The van der Waals surface area contributed by atoms with Crippen LogP contribution in [0, 0.1) is 19.7 Å². The van der Waals surface area contributed by atoms with Crippen molar-refractivity contribution in [3.63, 3.8) is 0 Å². The summed E-state index contributed by atoms with van der Waals surface area (Å²) in [4.78, 5) is 0. The molecule has 0 aliphatic carbocycles. The van der Waals surface area contributed by atoms with Gasteiger partial charge < -0.3 is 5.32 Å². The molecular formula is C19H24FN. The van der Waals surface area contributed by atoms with E-state index in [2.05, 4.69) is 51.2 Å². The molecule has 0 amide bonds. The fourth-order valence-corrected chi connectivity index (χ4v) is 2.76. The Hall–Kier alpha value is -1.67. The SMILES string of the molecule is CCC(NC(C)c1cc(C)ccc1C)c1ccc(F)cc1. The van der Waals surface area contributed by atoms with E-state index < -0.39 is 0 Å². The molecular weight excluding hydrogens is 261 g/mol. The van der Waals surface area contributed by atoms with Crippen LogP contribution in [0.2, 0.25) is 0 Å². The zero-order valence-electron chi connectivity index (χ0n) is 13.3. The lowest BCUT2D eigenvalue weighted by Crippen LogP contribution is -2.24. The first kappa shape index (κ1) is 15.7. The molecule has 0 bridgehead atoms. The lowest BCUT2D eigenvalue weighted by Gasteiger charge is -2.24. The van der Waals surface area contributed by atoms with Gasteiger partial charge in [0.15, 0.2) is 0 Å². The van der Waals surface area contributed by atoms with Gasteiger partial charge in [-0.2, -0.15) is 0 Å². The lowest BCUT2D eigenvalue weighted by atomic mass is 9.97. The number of aryl methyl sites for hydroxylation is 2. The maximum atomic E-state index is 13.1. The molecule has 2 rings (SSSR count). The van der Waals surface area contributed by atoms with Gasteiger partial charge in [-0.25, -0.2) is 4.39 Å². The minimum Gasteiger partial charge on any atom is -0.303 e. The predicted octanol–water partition coefficient (Wildman–Crippen LogP) is 5.24. The third kappa shape index (κ3) is 3.92. The van der Waals surface area contributed by atoms with Crippen molar-refractivity contribution < 1.29 is 4.39 Å². The Morgan fingerprint density at radius 1 is 1.05 bits per heavy atom. The largest absolute Gasteiger partial charge is 0.303 e. The van der Waals surface area contributed by atoms with Gasteiger partial charge in [0.05, 0.1) is 0 Å². The number of rotatable bonds is 5. The fourth-order valence-electron chi connectivity index (χ4n) is 2.76. The molecule has 0 fully saturated rings. The van der Waals surface area contributed by atoms with E-state index in [1.165, 1.54) is 28.8 Å². The molecule has 2 heteroatoms. The Kier molecular flexibility index (Phi) is 5.13. The monoisotopic (exact) mass is 285 g/mol. The molecule has 2 aromatic carbocycles. The molecule has 2 aromatic rings. The van der Waals surface area contributed by atoms with Crippen LogP contribution in [0.1, 0.15) is 54.6 Å². The standard InChI is InChI=1S/C19H24FN/c1-5-19(16-8-10-17(20)11-9-16)21-15(4)18-12-13(2)6-7-14(18)3/h6-12,15,19,21H,5H2,1-4H3. The second kappa shape index (κ2) is 6.86. The van der Waals surface area contributed by atoms with Crippen molar-refractivity contribution in [2.24, 2.45) is 0 Å². The van der Waals surface area contributed by atoms with Crippen molar-refractivity contribution in [2.75, 3.05) is 0 Å². The Morgan fingerprint density at radius 3 is 2.33 bits per heavy atom. The normalized spacial score (nSPS) is 14.0. The van der Waals surface area contributed by atoms with E-state index in [0.717, 1.165) is 12.0 Å². The van der Waals surface area contributed by atoms with Crippen LogP contribution in [-0.4, -0.2) is 0 Å². The number of hydrogen-bond acceptors (Lipinski definition) is 1. The molecule has 112 valence electrons. The third-order valence-electron chi connectivity index (χ3n) is 4.03. The molecule has 0 saturated heterocycles. The van der Waals surface area contributed by atoms with Gasteiger partial charge in [0, 0.05) is 12.1 Å². The summed E-state index contributed by atoms with van der Waals surface area (Å²) in [7, 11) is 0. The number of benzene rings is 2. The Bertz CT molecular complexity index is 589. The van der Waals surface area contributed by atoms with Crippen LogP contribution in [0.5, 0.6) is 0 Å². The molecule has 0 aliphatic heterocycles. The highest BCUT2D eigenvalue weighted by atomic mass is 19.1. The maximum Gasteiger partial charge on any atom is 0.123 e. The van der Waals surface area contributed by atoms with Crippen molar-refractivity contribution in [3.05, 3.63) is 70.5 Å². The smallest absolute Gasteiger partial charge is 0.123 e. The minimum absolute atomic E-state index is 0.184. The number of hydrogen-bond donors (Lipinski definition) is 1. The van der Waals surface area contributed by atoms with E-state index in [1.54, 1.807) is 0 Å². The molecule has 2 unspecified atom stereocenters. The van der Waals surface area contributed by atoms with Crippen LogP contribution in [0.3, 0.4) is 0 Å². The molecule has 1 N–H and O–H groups in total. The first-order valence-corrected chi connectivity index (χ1v) is 7.60. The highest BCUT2D eigenvalue weighted by Gasteiger charge is 2.15. The van der Waals surface area contributed by atoms with Gasteiger partial charge in [-0.1, -0.05) is 42.8 Å². The summed E-state index contributed by atoms with van der Waals surface area (Å²) < 4.78 is 13.1. The van der Waals surface area contributed by atoms with Crippen molar-refractivity contribution in [1.29, 1.82) is 0 Å². The van der Waals surface area contributed by atoms with Crippen molar-refractivity contribution in [3.8, 4) is 0 Å². The molecule has 0 radical (unpaired) electrons. The van der Waals surface area contributed by atoms with Gasteiger partial charge in [-0.05, 0) is 56.0 Å². The first-order valence-electron chi connectivity index (χ1n) is 7.60. The van der Waals surface area contributed by atoms with Crippen LogP contribution in [0.25, 0.3) is 0 Å². The quantitative estimate of drug-likeness (QED) is 0.791. The molecule has 21 heavy (non-hydrogen) atoms. The molecule has 0 aromatic heterocycles. The Labute approximate surface area is 127 Å². The minimum atomic E-state index is -0.184. The van der Waals surface area contributed by atoms with Crippen LogP contribution < -0.4 is 5.32 Å². The first-order chi connectivity index (χ1) is 10.0. The van der Waals surface area contributed by atoms with Gasteiger partial charge in [0.2, 0.25) is 0 Å².